The standard InChI is InChI=1S/C19H21N3/c1-14-11-12-22-17(13-14)21-18(15-7-3-2-4-8-15)19(22)20-16-9-5-6-10-16/h2-4,7-8,11-13,16,20H,5-6,9-10H2,1H3. The number of benzene rings is 1. The van der Waals surface area contributed by atoms with E-state index in [0.29, 0.717) is 6.04 Å². The third-order valence-electron chi connectivity index (χ3n) is 4.52. The number of hydrogen-bond donors (Lipinski definition) is 1. The van der Waals surface area contributed by atoms with Crippen LogP contribution in [0.5, 0.6) is 0 Å². The third kappa shape index (κ3) is 2.37. The Morgan fingerprint density at radius 2 is 1.86 bits per heavy atom. The summed E-state index contributed by atoms with van der Waals surface area (Å²) in [7, 11) is 0. The number of anilines is 1. The molecule has 0 atom stereocenters. The molecule has 3 aromatic rings. The number of fused-ring (bicyclic) bond motifs is 1. The van der Waals surface area contributed by atoms with Crippen LogP contribution in [-0.2, 0) is 0 Å². The molecule has 0 unspecified atom stereocenters. The van der Waals surface area contributed by atoms with Crippen LogP contribution in [0.15, 0.2) is 48.7 Å². The molecule has 1 aliphatic rings. The van der Waals surface area contributed by atoms with Crippen molar-refractivity contribution in [3.63, 3.8) is 0 Å². The van der Waals surface area contributed by atoms with Crippen LogP contribution < -0.4 is 5.32 Å². The molecule has 3 heteroatoms. The minimum atomic E-state index is 0.573. The third-order valence-corrected chi connectivity index (χ3v) is 4.52. The van der Waals surface area contributed by atoms with Gasteiger partial charge < -0.3 is 5.32 Å². The van der Waals surface area contributed by atoms with Crippen LogP contribution in [0.4, 0.5) is 5.82 Å². The zero-order valence-electron chi connectivity index (χ0n) is 12.9. The van der Waals surface area contributed by atoms with Crippen molar-refractivity contribution in [2.75, 3.05) is 5.32 Å². The molecular formula is C19H21N3. The number of nitrogens with one attached hydrogen (secondary N) is 1. The van der Waals surface area contributed by atoms with Gasteiger partial charge in [0.2, 0.25) is 0 Å². The second kappa shape index (κ2) is 5.48. The van der Waals surface area contributed by atoms with Crippen LogP contribution in [0.2, 0.25) is 0 Å². The molecule has 22 heavy (non-hydrogen) atoms. The SMILES string of the molecule is Cc1ccn2c(NC3CCCC3)c(-c3ccccc3)nc2c1. The quantitative estimate of drug-likeness (QED) is 0.760. The second-order valence-corrected chi connectivity index (χ2v) is 6.23. The number of pyridine rings is 1. The maximum absolute atomic E-state index is 4.89. The van der Waals surface area contributed by atoms with Crippen LogP contribution in [0.1, 0.15) is 31.2 Å². The van der Waals surface area contributed by atoms with Crippen LogP contribution in [0.25, 0.3) is 16.9 Å². The number of imidazole rings is 1. The number of aromatic nitrogens is 2. The van der Waals surface area contributed by atoms with Crippen molar-refractivity contribution < 1.29 is 0 Å². The molecule has 2 heterocycles. The molecule has 1 saturated carbocycles. The second-order valence-electron chi connectivity index (χ2n) is 6.23. The van der Waals surface area contributed by atoms with Crippen LogP contribution in [0, 0.1) is 6.92 Å². The highest BCUT2D eigenvalue weighted by atomic mass is 15.1. The zero-order chi connectivity index (χ0) is 14.9. The predicted molar refractivity (Wildman–Crippen MR) is 91.2 cm³/mol. The summed E-state index contributed by atoms with van der Waals surface area (Å²) in [4.78, 5) is 4.89. The average molecular weight is 291 g/mol. The number of hydrogen-bond acceptors (Lipinski definition) is 2. The Balaban J connectivity index is 1.86. The van der Waals surface area contributed by atoms with Gasteiger partial charge in [0.05, 0.1) is 0 Å². The molecular weight excluding hydrogens is 270 g/mol. The molecule has 4 rings (SSSR count). The first-order chi connectivity index (χ1) is 10.8. The van der Waals surface area contributed by atoms with Gasteiger partial charge in [-0.05, 0) is 37.5 Å². The number of aryl methyl sites for hydroxylation is 1. The average Bonchev–Trinajstić information content (AvgIpc) is 3.17. The van der Waals surface area contributed by atoms with Gasteiger partial charge in [-0.1, -0.05) is 43.2 Å². The van der Waals surface area contributed by atoms with Crippen molar-refractivity contribution in [1.29, 1.82) is 0 Å². The monoisotopic (exact) mass is 291 g/mol. The Bertz CT molecular complexity index is 783. The molecule has 0 amide bonds. The summed E-state index contributed by atoms with van der Waals surface area (Å²) < 4.78 is 2.19. The van der Waals surface area contributed by atoms with Crippen LogP contribution >= 0.6 is 0 Å². The van der Waals surface area contributed by atoms with Gasteiger partial charge in [-0.2, -0.15) is 0 Å². The molecule has 0 bridgehead atoms. The molecule has 2 aromatic heterocycles. The summed E-state index contributed by atoms with van der Waals surface area (Å²) in [5.41, 5.74) is 4.48. The van der Waals surface area contributed by atoms with Crippen LogP contribution in [-0.4, -0.2) is 15.4 Å². The van der Waals surface area contributed by atoms with Crippen molar-refractivity contribution in [3.8, 4) is 11.3 Å². The highest BCUT2D eigenvalue weighted by Gasteiger charge is 2.20. The smallest absolute Gasteiger partial charge is 0.139 e. The zero-order valence-corrected chi connectivity index (χ0v) is 12.9. The lowest BCUT2D eigenvalue weighted by Crippen LogP contribution is -2.16. The molecule has 1 aliphatic carbocycles. The molecule has 0 radical (unpaired) electrons. The largest absolute Gasteiger partial charge is 0.367 e. The molecule has 1 fully saturated rings. The first-order valence-corrected chi connectivity index (χ1v) is 8.12. The lowest BCUT2D eigenvalue weighted by atomic mass is 10.1. The van der Waals surface area contributed by atoms with E-state index in [9.17, 15) is 0 Å². The summed E-state index contributed by atoms with van der Waals surface area (Å²) in [6.45, 7) is 2.11. The summed E-state index contributed by atoms with van der Waals surface area (Å²) >= 11 is 0. The number of rotatable bonds is 3. The van der Waals surface area contributed by atoms with E-state index >= 15 is 0 Å². The van der Waals surface area contributed by atoms with Gasteiger partial charge in [-0.25, -0.2) is 4.98 Å². The topological polar surface area (TPSA) is 29.3 Å². The molecule has 1 N–H and O–H groups in total. The van der Waals surface area contributed by atoms with Crippen LogP contribution in [0.3, 0.4) is 0 Å². The molecule has 112 valence electrons. The van der Waals surface area contributed by atoms with E-state index in [1.165, 1.54) is 36.8 Å². The molecule has 0 saturated heterocycles. The maximum Gasteiger partial charge on any atom is 0.139 e. The minimum absolute atomic E-state index is 0.573. The minimum Gasteiger partial charge on any atom is -0.367 e. The summed E-state index contributed by atoms with van der Waals surface area (Å²) in [6, 6.07) is 15.3. The van der Waals surface area contributed by atoms with Gasteiger partial charge in [-0.15, -0.1) is 0 Å². The van der Waals surface area contributed by atoms with E-state index < -0.39 is 0 Å². The maximum atomic E-state index is 4.89. The van der Waals surface area contributed by atoms with Crippen molar-refractivity contribution in [1.82, 2.24) is 9.38 Å². The van der Waals surface area contributed by atoms with Gasteiger partial charge in [-0.3, -0.25) is 4.40 Å². The first kappa shape index (κ1) is 13.4. The predicted octanol–water partition coefficient (Wildman–Crippen LogP) is 4.66. The van der Waals surface area contributed by atoms with E-state index in [1.54, 1.807) is 0 Å². The molecule has 1 aromatic carbocycles. The van der Waals surface area contributed by atoms with E-state index in [2.05, 4.69) is 59.2 Å². The van der Waals surface area contributed by atoms with Gasteiger partial charge in [0.1, 0.15) is 17.2 Å². The van der Waals surface area contributed by atoms with Crippen molar-refractivity contribution in [3.05, 3.63) is 54.2 Å². The molecule has 0 spiro atoms. The lowest BCUT2D eigenvalue weighted by Gasteiger charge is -2.14. The Kier molecular flexibility index (Phi) is 3.34. The number of nitrogens with zero attached hydrogens (tertiary/aromatic N) is 2. The molecule has 3 nitrogen and oxygen atoms in total. The Morgan fingerprint density at radius 1 is 1.09 bits per heavy atom. The summed E-state index contributed by atoms with van der Waals surface area (Å²) in [6.07, 6.45) is 7.30. The molecule has 0 aliphatic heterocycles. The summed E-state index contributed by atoms with van der Waals surface area (Å²) in [5, 5.41) is 3.75. The fourth-order valence-corrected chi connectivity index (χ4v) is 3.35. The van der Waals surface area contributed by atoms with Crippen molar-refractivity contribution in [2.24, 2.45) is 0 Å². The lowest BCUT2D eigenvalue weighted by molar-refractivity contribution is 0.749. The fourth-order valence-electron chi connectivity index (χ4n) is 3.35. The highest BCUT2D eigenvalue weighted by molar-refractivity contribution is 5.76. The van der Waals surface area contributed by atoms with Crippen molar-refractivity contribution >= 4 is 11.5 Å². The van der Waals surface area contributed by atoms with E-state index in [4.69, 9.17) is 4.98 Å². The first-order valence-electron chi connectivity index (χ1n) is 8.12. The van der Waals surface area contributed by atoms with E-state index in [1.807, 2.05) is 6.07 Å². The van der Waals surface area contributed by atoms with Gasteiger partial charge in [0, 0.05) is 17.8 Å². The van der Waals surface area contributed by atoms with Crippen molar-refractivity contribution in [2.45, 2.75) is 38.6 Å². The van der Waals surface area contributed by atoms with Gasteiger partial charge >= 0.3 is 0 Å². The van der Waals surface area contributed by atoms with Gasteiger partial charge in [0.25, 0.3) is 0 Å². The summed E-state index contributed by atoms with van der Waals surface area (Å²) in [5.74, 6) is 1.13. The fraction of sp³-hybridized carbons (Fsp3) is 0.316. The van der Waals surface area contributed by atoms with Gasteiger partial charge in [0.15, 0.2) is 0 Å². The Labute approximate surface area is 131 Å². The van der Waals surface area contributed by atoms with E-state index in [0.717, 1.165) is 17.2 Å². The highest BCUT2D eigenvalue weighted by Crippen LogP contribution is 2.31. The Morgan fingerprint density at radius 3 is 2.64 bits per heavy atom. The normalized spacial score (nSPS) is 15.5. The van der Waals surface area contributed by atoms with E-state index in [-0.39, 0.29) is 0 Å². The Hall–Kier alpha value is -2.29.